The van der Waals surface area contributed by atoms with Crippen LogP contribution in [0.4, 0.5) is 16.2 Å². The van der Waals surface area contributed by atoms with Crippen molar-refractivity contribution in [3.8, 4) is 11.1 Å². The molecule has 3 aromatic carbocycles. The van der Waals surface area contributed by atoms with Gasteiger partial charge in [-0.25, -0.2) is 9.59 Å². The summed E-state index contributed by atoms with van der Waals surface area (Å²) in [6, 6.07) is 24.4. The summed E-state index contributed by atoms with van der Waals surface area (Å²) >= 11 is 0. The molecule has 0 aromatic heterocycles. The molecule has 8 nitrogen and oxygen atoms in total. The summed E-state index contributed by atoms with van der Waals surface area (Å²) in [7, 11) is 3.03. The zero-order valence-electron chi connectivity index (χ0n) is 21.8. The van der Waals surface area contributed by atoms with E-state index in [-0.39, 0.29) is 12.0 Å². The molecule has 3 aromatic rings. The Balaban J connectivity index is 1.22. The van der Waals surface area contributed by atoms with Gasteiger partial charge in [0.15, 0.2) is 0 Å². The molecule has 1 aliphatic rings. The second-order valence-corrected chi connectivity index (χ2v) is 9.23. The van der Waals surface area contributed by atoms with E-state index in [4.69, 9.17) is 9.47 Å². The van der Waals surface area contributed by atoms with Crippen molar-refractivity contribution >= 4 is 29.3 Å². The Morgan fingerprint density at radius 3 is 2.39 bits per heavy atom. The van der Waals surface area contributed by atoms with Gasteiger partial charge >= 0.3 is 12.1 Å². The summed E-state index contributed by atoms with van der Waals surface area (Å²) in [5.74, 6) is -0.478. The highest BCUT2D eigenvalue weighted by molar-refractivity contribution is 5.96. The van der Waals surface area contributed by atoms with Gasteiger partial charge in [-0.1, -0.05) is 54.6 Å². The number of hydrogen-bond donors (Lipinski definition) is 1. The maximum Gasteiger partial charge on any atom is 0.411 e. The second-order valence-electron chi connectivity index (χ2n) is 9.23. The van der Waals surface area contributed by atoms with Crippen molar-refractivity contribution in [2.75, 3.05) is 44.0 Å². The topological polar surface area (TPSA) is 88.2 Å². The molecule has 2 amide bonds. The van der Waals surface area contributed by atoms with E-state index >= 15 is 0 Å². The SMILES string of the molecule is COC(=O)c1cccc(N(C)C(=O)CCN2CCC(OC(=O)Nc3ccccc3-c3ccccc3)CC2)c1. The number of esters is 1. The quantitative estimate of drug-likeness (QED) is 0.415. The number of piperidine rings is 1. The van der Waals surface area contributed by atoms with E-state index in [9.17, 15) is 14.4 Å². The fourth-order valence-corrected chi connectivity index (χ4v) is 4.53. The molecule has 0 spiro atoms. The number of para-hydroxylation sites is 1. The van der Waals surface area contributed by atoms with Gasteiger partial charge < -0.3 is 19.3 Å². The third-order valence-corrected chi connectivity index (χ3v) is 6.73. The van der Waals surface area contributed by atoms with Crippen molar-refractivity contribution in [2.24, 2.45) is 0 Å². The Morgan fingerprint density at radius 1 is 0.947 bits per heavy atom. The van der Waals surface area contributed by atoms with E-state index < -0.39 is 12.1 Å². The van der Waals surface area contributed by atoms with Crippen molar-refractivity contribution in [1.82, 2.24) is 4.90 Å². The number of nitrogens with one attached hydrogen (secondary N) is 1. The molecule has 1 N–H and O–H groups in total. The van der Waals surface area contributed by atoms with Crippen molar-refractivity contribution in [2.45, 2.75) is 25.4 Å². The summed E-state index contributed by atoms with van der Waals surface area (Å²) in [6.07, 6.45) is 1.13. The number of methoxy groups -OCH3 is 1. The first-order chi connectivity index (χ1) is 18.4. The molecule has 0 radical (unpaired) electrons. The highest BCUT2D eigenvalue weighted by Gasteiger charge is 2.24. The molecule has 38 heavy (non-hydrogen) atoms. The van der Waals surface area contributed by atoms with Gasteiger partial charge in [0, 0.05) is 44.4 Å². The molecule has 1 aliphatic heterocycles. The second kappa shape index (κ2) is 12.9. The van der Waals surface area contributed by atoms with E-state index in [0.717, 1.165) is 24.2 Å². The standard InChI is InChI=1S/C30H33N3O5/c1-32(24-12-8-11-23(21-24)29(35)37-2)28(34)17-20-33-18-15-25(16-19-33)38-30(36)31-27-14-7-6-13-26(27)22-9-4-3-5-10-22/h3-14,21,25H,15-20H2,1-2H3,(H,31,36). The number of carbonyl (C=O) groups excluding carboxylic acids is 3. The van der Waals surface area contributed by atoms with Crippen LogP contribution in [0.5, 0.6) is 0 Å². The molecule has 1 fully saturated rings. The minimum atomic E-state index is -0.460. The molecular formula is C30H33N3O5. The normalized spacial score (nSPS) is 13.9. The monoisotopic (exact) mass is 515 g/mol. The van der Waals surface area contributed by atoms with Crippen LogP contribution in [0.3, 0.4) is 0 Å². The largest absolute Gasteiger partial charge is 0.465 e. The molecule has 0 saturated carbocycles. The first kappa shape index (κ1) is 26.9. The molecule has 0 bridgehead atoms. The number of nitrogens with zero attached hydrogens (tertiary/aromatic N) is 2. The van der Waals surface area contributed by atoms with Crippen LogP contribution >= 0.6 is 0 Å². The Hall–Kier alpha value is -4.17. The zero-order valence-corrected chi connectivity index (χ0v) is 21.8. The fraction of sp³-hybridized carbons (Fsp3) is 0.300. The number of benzene rings is 3. The number of likely N-dealkylation sites (tertiary alicyclic amines) is 1. The van der Waals surface area contributed by atoms with Gasteiger partial charge in [0.25, 0.3) is 0 Å². The number of hydrogen-bond acceptors (Lipinski definition) is 6. The minimum absolute atomic E-state index is 0.0400. The molecule has 0 aliphatic carbocycles. The summed E-state index contributed by atoms with van der Waals surface area (Å²) in [5.41, 5.74) is 3.71. The van der Waals surface area contributed by atoms with Crippen molar-refractivity contribution < 1.29 is 23.9 Å². The van der Waals surface area contributed by atoms with Crippen LogP contribution in [-0.4, -0.2) is 62.8 Å². The third-order valence-electron chi connectivity index (χ3n) is 6.73. The first-order valence-corrected chi connectivity index (χ1v) is 12.7. The number of amides is 2. The van der Waals surface area contributed by atoms with E-state index in [1.54, 1.807) is 36.2 Å². The molecular weight excluding hydrogens is 482 g/mol. The lowest BCUT2D eigenvalue weighted by Crippen LogP contribution is -2.40. The van der Waals surface area contributed by atoms with Crippen LogP contribution in [0.1, 0.15) is 29.6 Å². The lowest BCUT2D eigenvalue weighted by atomic mass is 10.0. The highest BCUT2D eigenvalue weighted by Crippen LogP contribution is 2.28. The first-order valence-electron chi connectivity index (χ1n) is 12.7. The summed E-state index contributed by atoms with van der Waals surface area (Å²) in [4.78, 5) is 40.9. The smallest absolute Gasteiger partial charge is 0.411 e. The van der Waals surface area contributed by atoms with Crippen LogP contribution in [0.15, 0.2) is 78.9 Å². The number of anilines is 2. The van der Waals surface area contributed by atoms with Gasteiger partial charge in [-0.15, -0.1) is 0 Å². The van der Waals surface area contributed by atoms with Gasteiger partial charge in [-0.3, -0.25) is 10.1 Å². The lowest BCUT2D eigenvalue weighted by molar-refractivity contribution is -0.118. The maximum absolute atomic E-state index is 12.8. The average Bonchev–Trinajstić information content (AvgIpc) is 2.96. The van der Waals surface area contributed by atoms with Gasteiger partial charge in [0.1, 0.15) is 6.10 Å². The number of rotatable bonds is 8. The Kier molecular flexibility index (Phi) is 9.11. The lowest BCUT2D eigenvalue weighted by Gasteiger charge is -2.31. The van der Waals surface area contributed by atoms with Gasteiger partial charge in [0.2, 0.25) is 5.91 Å². The predicted octanol–water partition coefficient (Wildman–Crippen LogP) is 5.21. The van der Waals surface area contributed by atoms with E-state index in [0.29, 0.717) is 42.7 Å². The zero-order chi connectivity index (χ0) is 26.9. The van der Waals surface area contributed by atoms with Gasteiger partial charge in [-0.2, -0.15) is 0 Å². The molecule has 1 heterocycles. The minimum Gasteiger partial charge on any atom is -0.465 e. The van der Waals surface area contributed by atoms with Crippen LogP contribution in [0.2, 0.25) is 0 Å². The van der Waals surface area contributed by atoms with Crippen LogP contribution < -0.4 is 10.2 Å². The molecule has 0 atom stereocenters. The summed E-state index contributed by atoms with van der Waals surface area (Å²) < 4.78 is 10.5. The molecule has 0 unspecified atom stereocenters. The fourth-order valence-electron chi connectivity index (χ4n) is 4.53. The summed E-state index contributed by atoms with van der Waals surface area (Å²) in [6.45, 7) is 2.10. The molecule has 4 rings (SSSR count). The van der Waals surface area contributed by atoms with Crippen molar-refractivity contribution in [3.05, 3.63) is 84.4 Å². The van der Waals surface area contributed by atoms with E-state index in [1.165, 1.54) is 7.11 Å². The summed E-state index contributed by atoms with van der Waals surface area (Å²) in [5, 5.41) is 2.90. The van der Waals surface area contributed by atoms with E-state index in [2.05, 4.69) is 10.2 Å². The Morgan fingerprint density at radius 2 is 1.66 bits per heavy atom. The number of carbonyl (C=O) groups is 3. The highest BCUT2D eigenvalue weighted by atomic mass is 16.6. The average molecular weight is 516 g/mol. The van der Waals surface area contributed by atoms with Crippen LogP contribution in [0, 0.1) is 0 Å². The predicted molar refractivity (Wildman–Crippen MR) is 147 cm³/mol. The van der Waals surface area contributed by atoms with Gasteiger partial charge in [0.05, 0.1) is 18.4 Å². The maximum atomic E-state index is 12.8. The van der Waals surface area contributed by atoms with Crippen LogP contribution in [0.25, 0.3) is 11.1 Å². The Labute approximate surface area is 223 Å². The third kappa shape index (κ3) is 6.98. The van der Waals surface area contributed by atoms with Crippen molar-refractivity contribution in [3.63, 3.8) is 0 Å². The van der Waals surface area contributed by atoms with Crippen LogP contribution in [-0.2, 0) is 14.3 Å². The molecule has 8 heteroatoms. The Bertz CT molecular complexity index is 1260. The number of ether oxygens (including phenoxy) is 2. The van der Waals surface area contributed by atoms with E-state index in [1.807, 2.05) is 54.6 Å². The van der Waals surface area contributed by atoms with Gasteiger partial charge in [-0.05, 0) is 42.7 Å². The van der Waals surface area contributed by atoms with Crippen molar-refractivity contribution in [1.29, 1.82) is 0 Å². The molecule has 1 saturated heterocycles. The molecule has 198 valence electrons.